The number of carbonyl (C=O) groups is 1. The van der Waals surface area contributed by atoms with Crippen molar-refractivity contribution < 1.29 is 4.79 Å². The Hall–Kier alpha value is -2.82. The molecule has 0 radical (unpaired) electrons. The molecule has 2 heterocycles. The number of imidazole rings is 1. The van der Waals surface area contributed by atoms with E-state index in [9.17, 15) is 4.79 Å². The van der Waals surface area contributed by atoms with Crippen LogP contribution in [0.5, 0.6) is 0 Å². The van der Waals surface area contributed by atoms with Gasteiger partial charge in [0.15, 0.2) is 0 Å². The second kappa shape index (κ2) is 5.43. The number of benzene rings is 2. The molecule has 2 N–H and O–H groups in total. The van der Waals surface area contributed by atoms with E-state index in [0.717, 1.165) is 29.7 Å². The number of hydrogen-bond acceptors (Lipinski definition) is 3. The Bertz CT molecular complexity index is 837. The van der Waals surface area contributed by atoms with Gasteiger partial charge in [-0.1, -0.05) is 30.3 Å². The van der Waals surface area contributed by atoms with Gasteiger partial charge >= 0.3 is 0 Å². The monoisotopic (exact) mass is 306 g/mol. The van der Waals surface area contributed by atoms with E-state index in [4.69, 9.17) is 0 Å². The van der Waals surface area contributed by atoms with E-state index in [1.165, 1.54) is 5.56 Å². The first-order valence-corrected chi connectivity index (χ1v) is 7.82. The summed E-state index contributed by atoms with van der Waals surface area (Å²) in [7, 11) is 0. The Balaban J connectivity index is 1.53. The normalized spacial score (nSPS) is 14.7. The summed E-state index contributed by atoms with van der Waals surface area (Å²) < 4.78 is 0. The first-order chi connectivity index (χ1) is 11.2. The second-order valence-electron chi connectivity index (χ2n) is 5.84. The summed E-state index contributed by atoms with van der Waals surface area (Å²) in [5, 5.41) is 2.89. The van der Waals surface area contributed by atoms with Crippen LogP contribution in [0.15, 0.2) is 48.5 Å². The largest absolute Gasteiger partial charge is 0.359 e. The topological polar surface area (TPSA) is 61.0 Å². The lowest BCUT2D eigenvalue weighted by Crippen LogP contribution is -2.41. The molecule has 23 heavy (non-hydrogen) atoms. The molecule has 116 valence electrons. The number of amides is 1. The van der Waals surface area contributed by atoms with Crippen molar-refractivity contribution in [3.05, 3.63) is 54.1 Å². The molecule has 1 atom stereocenters. The summed E-state index contributed by atoms with van der Waals surface area (Å²) in [6, 6.07) is 15.7. The van der Waals surface area contributed by atoms with Gasteiger partial charge in [-0.25, -0.2) is 4.98 Å². The zero-order chi connectivity index (χ0) is 15.8. The molecular formula is C18H18N4O. The molecule has 0 aliphatic carbocycles. The summed E-state index contributed by atoms with van der Waals surface area (Å²) in [6.45, 7) is 2.80. The third kappa shape index (κ3) is 2.44. The molecule has 0 spiro atoms. The van der Waals surface area contributed by atoms with Crippen LogP contribution in [0.3, 0.4) is 0 Å². The first kappa shape index (κ1) is 13.8. The minimum atomic E-state index is -0.244. The Morgan fingerprint density at radius 1 is 1.22 bits per heavy atom. The lowest BCUT2D eigenvalue weighted by molar-refractivity contribution is -0.117. The van der Waals surface area contributed by atoms with Crippen LogP contribution in [0.1, 0.15) is 12.5 Å². The highest BCUT2D eigenvalue weighted by atomic mass is 16.2. The van der Waals surface area contributed by atoms with Gasteiger partial charge in [0.2, 0.25) is 11.9 Å². The van der Waals surface area contributed by atoms with Crippen LogP contribution in [0.4, 0.5) is 11.6 Å². The van der Waals surface area contributed by atoms with Gasteiger partial charge in [0.1, 0.15) is 6.04 Å². The average molecular weight is 306 g/mol. The van der Waals surface area contributed by atoms with Crippen molar-refractivity contribution in [3.63, 3.8) is 0 Å². The van der Waals surface area contributed by atoms with Crippen molar-refractivity contribution in [3.8, 4) is 0 Å². The average Bonchev–Trinajstić information content (AvgIpc) is 3.17. The van der Waals surface area contributed by atoms with Crippen molar-refractivity contribution >= 4 is 28.6 Å². The zero-order valence-corrected chi connectivity index (χ0v) is 12.9. The van der Waals surface area contributed by atoms with Crippen molar-refractivity contribution in [2.45, 2.75) is 19.4 Å². The van der Waals surface area contributed by atoms with Crippen molar-refractivity contribution in [2.75, 3.05) is 16.8 Å². The molecule has 2 aromatic carbocycles. The van der Waals surface area contributed by atoms with Crippen LogP contribution in [-0.4, -0.2) is 28.5 Å². The number of nitrogens with zero attached hydrogens (tertiary/aromatic N) is 2. The molecule has 1 aliphatic rings. The fourth-order valence-corrected chi connectivity index (χ4v) is 3.14. The molecule has 0 saturated carbocycles. The van der Waals surface area contributed by atoms with Gasteiger partial charge in [0, 0.05) is 12.2 Å². The van der Waals surface area contributed by atoms with Crippen LogP contribution in [0.25, 0.3) is 11.0 Å². The predicted octanol–water partition coefficient (Wildman–Crippen LogP) is 2.95. The lowest BCUT2D eigenvalue weighted by Gasteiger charge is -2.25. The number of hydrogen-bond donors (Lipinski definition) is 2. The fourth-order valence-electron chi connectivity index (χ4n) is 3.14. The van der Waals surface area contributed by atoms with E-state index in [1.807, 2.05) is 43.3 Å². The van der Waals surface area contributed by atoms with E-state index in [1.54, 1.807) is 0 Å². The number of carbonyl (C=O) groups excluding carboxylic acids is 1. The minimum Gasteiger partial charge on any atom is -0.359 e. The summed E-state index contributed by atoms with van der Waals surface area (Å²) in [5.74, 6) is 0.441. The maximum Gasteiger partial charge on any atom is 0.249 e. The fraction of sp³-hybridized carbons (Fsp3) is 0.222. The summed E-state index contributed by atoms with van der Waals surface area (Å²) in [4.78, 5) is 22.2. The Kier molecular flexibility index (Phi) is 3.26. The van der Waals surface area contributed by atoms with Crippen molar-refractivity contribution in [1.29, 1.82) is 0 Å². The molecule has 4 rings (SSSR count). The molecule has 0 saturated heterocycles. The summed E-state index contributed by atoms with van der Waals surface area (Å²) >= 11 is 0. The van der Waals surface area contributed by atoms with E-state index in [2.05, 4.69) is 32.3 Å². The van der Waals surface area contributed by atoms with E-state index in [-0.39, 0.29) is 11.9 Å². The van der Waals surface area contributed by atoms with Crippen LogP contribution in [0.2, 0.25) is 0 Å². The van der Waals surface area contributed by atoms with Gasteiger partial charge < -0.3 is 9.88 Å². The molecule has 0 unspecified atom stereocenters. The van der Waals surface area contributed by atoms with Crippen LogP contribution in [-0.2, 0) is 11.2 Å². The molecule has 1 aromatic heterocycles. The highest BCUT2D eigenvalue weighted by Crippen LogP contribution is 2.29. The highest BCUT2D eigenvalue weighted by molar-refractivity contribution is 5.96. The van der Waals surface area contributed by atoms with Crippen LogP contribution < -0.4 is 10.2 Å². The van der Waals surface area contributed by atoms with Gasteiger partial charge in [-0.2, -0.15) is 0 Å². The Morgan fingerprint density at radius 3 is 2.87 bits per heavy atom. The van der Waals surface area contributed by atoms with Gasteiger partial charge in [-0.05, 0) is 37.1 Å². The van der Waals surface area contributed by atoms with Gasteiger partial charge in [0.25, 0.3) is 0 Å². The maximum absolute atomic E-state index is 12.6. The first-order valence-electron chi connectivity index (χ1n) is 7.82. The number of anilines is 2. The number of aromatic nitrogens is 2. The standard InChI is InChI=1S/C18H18N4O/c1-12(22-11-10-13-6-2-5-9-16(13)22)17(23)21-18-19-14-7-3-4-8-15(14)20-18/h2-9,12H,10-11H2,1H3,(H2,19,20,21,23)/t12-/m0/s1. The third-order valence-electron chi connectivity index (χ3n) is 4.40. The molecule has 1 aliphatic heterocycles. The highest BCUT2D eigenvalue weighted by Gasteiger charge is 2.27. The summed E-state index contributed by atoms with van der Waals surface area (Å²) in [6.07, 6.45) is 0.985. The predicted molar refractivity (Wildman–Crippen MR) is 91.7 cm³/mol. The van der Waals surface area contributed by atoms with Gasteiger partial charge in [-0.3, -0.25) is 10.1 Å². The van der Waals surface area contributed by atoms with Gasteiger partial charge in [-0.15, -0.1) is 0 Å². The van der Waals surface area contributed by atoms with E-state index in [0.29, 0.717) is 5.95 Å². The lowest BCUT2D eigenvalue weighted by atomic mass is 10.2. The number of fused-ring (bicyclic) bond motifs is 2. The Morgan fingerprint density at radius 2 is 2.00 bits per heavy atom. The number of para-hydroxylation sites is 3. The Labute approximate surface area is 134 Å². The van der Waals surface area contributed by atoms with E-state index < -0.39 is 0 Å². The quantitative estimate of drug-likeness (QED) is 0.782. The molecule has 5 nitrogen and oxygen atoms in total. The number of nitrogens with one attached hydrogen (secondary N) is 2. The minimum absolute atomic E-state index is 0.0549. The zero-order valence-electron chi connectivity index (χ0n) is 12.9. The third-order valence-corrected chi connectivity index (χ3v) is 4.40. The molecule has 0 fully saturated rings. The number of H-pyrrole nitrogens is 1. The number of rotatable bonds is 3. The second-order valence-corrected chi connectivity index (χ2v) is 5.84. The van der Waals surface area contributed by atoms with Crippen molar-refractivity contribution in [2.24, 2.45) is 0 Å². The van der Waals surface area contributed by atoms with Crippen LogP contribution in [0, 0.1) is 0 Å². The van der Waals surface area contributed by atoms with Gasteiger partial charge in [0.05, 0.1) is 11.0 Å². The molecule has 1 amide bonds. The van der Waals surface area contributed by atoms with Crippen LogP contribution >= 0.6 is 0 Å². The molecule has 3 aromatic rings. The number of aromatic amines is 1. The summed E-state index contributed by atoms with van der Waals surface area (Å²) in [5.41, 5.74) is 4.22. The molecular weight excluding hydrogens is 288 g/mol. The maximum atomic E-state index is 12.6. The SMILES string of the molecule is C[C@@H](C(=O)Nc1nc2ccccc2[nH]1)N1CCc2ccccc21. The smallest absolute Gasteiger partial charge is 0.249 e. The molecule has 0 bridgehead atoms. The van der Waals surface area contributed by atoms with E-state index >= 15 is 0 Å². The van der Waals surface area contributed by atoms with Crippen molar-refractivity contribution in [1.82, 2.24) is 9.97 Å². The molecule has 5 heteroatoms.